The third kappa shape index (κ3) is 9.00. The van der Waals surface area contributed by atoms with Crippen LogP contribution >= 0.6 is 9.47 Å². The molecule has 3 aliphatic rings. The molecular weight excluding hydrogens is 723 g/mol. The number of rotatable bonds is 13. The average Bonchev–Trinajstić information content (AvgIpc) is 3.61. The maximum absolute atomic E-state index is 13.6. The number of β-lactam (4-membered cyclic amide) rings is 1. The van der Waals surface area contributed by atoms with E-state index in [9.17, 15) is 37.7 Å². The van der Waals surface area contributed by atoms with E-state index in [-0.39, 0.29) is 40.9 Å². The molecule has 0 spiro atoms. The molecule has 20 heteroatoms. The fraction of sp³-hybridized carbons (Fsp3) is 0.581. The third-order valence-electron chi connectivity index (χ3n) is 9.93. The number of nitrogens with one attached hydrogen (secondary N) is 2. The maximum Gasteiger partial charge on any atom is 0.421 e. The van der Waals surface area contributed by atoms with Crippen LogP contribution in [-0.4, -0.2) is 105 Å². The molecule has 51 heavy (non-hydrogen) atoms. The van der Waals surface area contributed by atoms with Crippen molar-refractivity contribution >= 4 is 63.4 Å². The predicted octanol–water partition coefficient (Wildman–Crippen LogP) is 2.92. The lowest BCUT2D eigenvalue weighted by molar-refractivity contribution is -0.384. The van der Waals surface area contributed by atoms with Gasteiger partial charge in [0.2, 0.25) is 21.9 Å². The topological polar surface area (TPSA) is 216 Å². The van der Waals surface area contributed by atoms with Crippen LogP contribution in [0.5, 0.6) is 0 Å². The van der Waals surface area contributed by atoms with Gasteiger partial charge in [0.25, 0.3) is 5.69 Å². The molecule has 17 nitrogen and oxygen atoms in total. The number of hydrogen-bond donors (Lipinski definition) is 2. The average molecular weight is 769 g/mol. The SMILES string of the molecule is CC[Si](CC)(CC)O[C@H](C)[C@@H]1C(=O)N2C(C(=O)OP)=C(CN3CC[C@H](N=C(NC(=O)OC(=O)c4ccc([N+](=O)[O-])cc4)NS(C)(=O)=O)C3)[C@H](C)[C@H]12. The number of esters is 1. The Morgan fingerprint density at radius 1 is 1.14 bits per heavy atom. The number of sulfonamides is 1. The number of amides is 2. The van der Waals surface area contributed by atoms with Crippen LogP contribution in [0.4, 0.5) is 10.5 Å². The first kappa shape index (κ1) is 40.0. The summed E-state index contributed by atoms with van der Waals surface area (Å²) in [6, 6.07) is 6.42. The summed E-state index contributed by atoms with van der Waals surface area (Å²) in [5.41, 5.74) is 0.549. The van der Waals surface area contributed by atoms with E-state index < -0.39 is 59.2 Å². The fourth-order valence-electron chi connectivity index (χ4n) is 7.08. The van der Waals surface area contributed by atoms with Crippen LogP contribution in [0.3, 0.4) is 0 Å². The number of non-ortho nitro benzene ring substituents is 1. The zero-order chi connectivity index (χ0) is 37.8. The lowest BCUT2D eigenvalue weighted by atomic mass is 9.77. The molecule has 1 aromatic carbocycles. The number of carbonyl (C=O) groups is 4. The molecule has 2 saturated heterocycles. The monoisotopic (exact) mass is 768 g/mol. The van der Waals surface area contributed by atoms with Crippen LogP contribution in [-0.2, 0) is 33.3 Å². The minimum atomic E-state index is -3.92. The van der Waals surface area contributed by atoms with Crippen molar-refractivity contribution in [1.29, 1.82) is 0 Å². The lowest BCUT2D eigenvalue weighted by Crippen LogP contribution is -2.65. The van der Waals surface area contributed by atoms with Crippen LogP contribution in [0.15, 0.2) is 40.5 Å². The molecule has 2 amide bonds. The summed E-state index contributed by atoms with van der Waals surface area (Å²) in [5.74, 6) is -2.97. The second-order valence-electron chi connectivity index (χ2n) is 13.0. The number of nitro groups is 1. The zero-order valence-corrected chi connectivity index (χ0v) is 32.4. The molecule has 0 saturated carbocycles. The Hall–Kier alpha value is -3.77. The van der Waals surface area contributed by atoms with Crippen molar-refractivity contribution in [3.05, 3.63) is 51.2 Å². The van der Waals surface area contributed by atoms with Gasteiger partial charge in [0.1, 0.15) is 5.70 Å². The van der Waals surface area contributed by atoms with Gasteiger partial charge in [-0.3, -0.25) is 29.8 Å². The Morgan fingerprint density at radius 2 is 1.76 bits per heavy atom. The highest BCUT2D eigenvalue weighted by Crippen LogP contribution is 2.49. The van der Waals surface area contributed by atoms with Crippen molar-refractivity contribution in [1.82, 2.24) is 19.8 Å². The van der Waals surface area contributed by atoms with E-state index in [1.165, 1.54) is 4.90 Å². The van der Waals surface area contributed by atoms with Crippen molar-refractivity contribution in [2.75, 3.05) is 25.9 Å². The van der Waals surface area contributed by atoms with Gasteiger partial charge in [-0.2, -0.15) is 0 Å². The number of likely N-dealkylation sites (tertiary alicyclic amines) is 1. The number of nitro benzene ring substituents is 1. The van der Waals surface area contributed by atoms with Gasteiger partial charge in [-0.15, -0.1) is 0 Å². The largest absolute Gasteiger partial charge is 0.447 e. The van der Waals surface area contributed by atoms with E-state index in [4.69, 9.17) is 13.7 Å². The van der Waals surface area contributed by atoms with E-state index >= 15 is 0 Å². The number of alkyl carbamates (subject to hydrolysis) is 1. The number of nitrogens with zero attached hydrogens (tertiary/aromatic N) is 4. The van der Waals surface area contributed by atoms with E-state index in [1.807, 2.05) is 28.2 Å². The molecule has 4 rings (SSSR count). The van der Waals surface area contributed by atoms with Gasteiger partial charge in [-0.05, 0) is 49.2 Å². The number of guanidine groups is 1. The standard InChI is InChI=1S/C31H45N6O11PSSi/c1-7-51(8-2,9-3)48-19(5)24-25-18(4)23(26(29(40)47-49)36(25)27(24)38)17-35-15-14-21(16-35)32-30(34-50(6,44)45)33-31(41)46-28(39)20-10-12-22(13-11-20)37(42)43/h10-13,18-19,21,24-25H,7-9,14-17,49H2,1-6H3,(H2,32,33,34,41)/t18-,19+,21-,24-,25+/m0/s1. The summed E-state index contributed by atoms with van der Waals surface area (Å²) in [4.78, 5) is 69.7. The van der Waals surface area contributed by atoms with Gasteiger partial charge in [-0.25, -0.2) is 27.8 Å². The van der Waals surface area contributed by atoms with Crippen molar-refractivity contribution in [3.63, 3.8) is 0 Å². The Morgan fingerprint density at radius 3 is 2.31 bits per heavy atom. The first-order valence-corrected chi connectivity index (χ1v) is 21.6. The van der Waals surface area contributed by atoms with Crippen LogP contribution in [0.1, 0.15) is 51.4 Å². The summed E-state index contributed by atoms with van der Waals surface area (Å²) < 4.78 is 42.7. The Balaban J connectivity index is 1.46. The second kappa shape index (κ2) is 16.3. The predicted molar refractivity (Wildman–Crippen MR) is 191 cm³/mol. The van der Waals surface area contributed by atoms with E-state index in [0.717, 1.165) is 54.2 Å². The van der Waals surface area contributed by atoms with Gasteiger partial charge < -0.3 is 18.6 Å². The van der Waals surface area contributed by atoms with Gasteiger partial charge in [0.15, 0.2) is 8.32 Å². The summed E-state index contributed by atoms with van der Waals surface area (Å²) in [6.45, 7) is 11.5. The lowest BCUT2D eigenvalue weighted by Gasteiger charge is -2.49. The molecule has 0 radical (unpaired) electrons. The Bertz CT molecular complexity index is 1710. The molecule has 2 N–H and O–H groups in total. The third-order valence-corrected chi connectivity index (χ3v) is 15.4. The number of aliphatic imine (C=N–C) groups is 1. The van der Waals surface area contributed by atoms with Crippen LogP contribution in [0, 0.1) is 22.0 Å². The van der Waals surface area contributed by atoms with Gasteiger partial charge in [0.05, 0.1) is 50.3 Å². The number of fused-ring (bicyclic) bond motifs is 1. The molecule has 2 fully saturated rings. The van der Waals surface area contributed by atoms with E-state index in [2.05, 4.69) is 35.8 Å². The molecule has 0 aliphatic carbocycles. The Labute approximate surface area is 300 Å². The summed E-state index contributed by atoms with van der Waals surface area (Å²) >= 11 is 0. The van der Waals surface area contributed by atoms with E-state index in [0.29, 0.717) is 26.1 Å². The van der Waals surface area contributed by atoms with Crippen molar-refractivity contribution < 1.29 is 46.2 Å². The molecule has 6 atom stereocenters. The highest BCUT2D eigenvalue weighted by atomic mass is 32.2. The maximum atomic E-state index is 13.6. The number of carbonyl (C=O) groups excluding carboxylic acids is 4. The molecule has 1 unspecified atom stereocenters. The molecule has 1 aromatic rings. The fourth-order valence-corrected chi connectivity index (χ4v) is 10.6. The van der Waals surface area contributed by atoms with Crippen molar-refractivity contribution in [2.24, 2.45) is 16.8 Å². The molecule has 0 aromatic heterocycles. The molecule has 3 heterocycles. The summed E-state index contributed by atoms with van der Waals surface area (Å²) in [5, 5.41) is 13.0. The van der Waals surface area contributed by atoms with Crippen LogP contribution < -0.4 is 10.0 Å². The van der Waals surface area contributed by atoms with Crippen molar-refractivity contribution in [3.8, 4) is 0 Å². The zero-order valence-electron chi connectivity index (χ0n) is 29.4. The molecule has 3 aliphatic heterocycles. The molecule has 280 valence electrons. The Kier molecular flexibility index (Phi) is 12.8. The van der Waals surface area contributed by atoms with Gasteiger partial charge in [0, 0.05) is 37.7 Å². The number of hydrogen-bond acceptors (Lipinski definition) is 13. The van der Waals surface area contributed by atoms with Crippen LogP contribution in [0.2, 0.25) is 18.1 Å². The van der Waals surface area contributed by atoms with E-state index in [1.54, 1.807) is 0 Å². The van der Waals surface area contributed by atoms with Crippen molar-refractivity contribution in [2.45, 2.75) is 77.4 Å². The summed E-state index contributed by atoms with van der Waals surface area (Å²) in [7, 11) is -3.98. The van der Waals surface area contributed by atoms with Gasteiger partial charge >= 0.3 is 18.0 Å². The molecule has 0 bridgehead atoms. The van der Waals surface area contributed by atoms with Gasteiger partial charge in [-0.1, -0.05) is 27.7 Å². The first-order valence-electron chi connectivity index (χ1n) is 16.7. The quantitative estimate of drug-likeness (QED) is 0.0341. The summed E-state index contributed by atoms with van der Waals surface area (Å²) in [6.07, 6.45) is -0.323. The minimum absolute atomic E-state index is 0.144. The minimum Gasteiger partial charge on any atom is -0.447 e. The number of ether oxygens (including phenoxy) is 1. The normalized spacial score (nSPS) is 23.0. The number of benzene rings is 1. The smallest absolute Gasteiger partial charge is 0.421 e. The first-order chi connectivity index (χ1) is 24.0. The molecular formula is C31H45N6O11PSSi. The second-order valence-corrected chi connectivity index (χ2v) is 19.7. The highest BCUT2D eigenvalue weighted by molar-refractivity contribution is 7.89. The highest BCUT2D eigenvalue weighted by Gasteiger charge is 2.61. The van der Waals surface area contributed by atoms with Crippen LogP contribution in [0.25, 0.3) is 0 Å².